The van der Waals surface area contributed by atoms with Crippen LogP contribution in [0.15, 0.2) is 71.6 Å². The normalized spacial score (nSPS) is 12.3. The van der Waals surface area contributed by atoms with Crippen molar-refractivity contribution in [2.45, 2.75) is 4.90 Å². The molecule has 1 amide bonds. The van der Waals surface area contributed by atoms with E-state index in [-0.39, 0.29) is 11.7 Å². The van der Waals surface area contributed by atoms with Crippen molar-refractivity contribution in [1.82, 2.24) is 0 Å². The lowest BCUT2D eigenvalue weighted by Crippen LogP contribution is -2.15. The first-order valence-electron chi connectivity index (χ1n) is 9.03. The van der Waals surface area contributed by atoms with E-state index in [4.69, 9.17) is 25.8 Å². The molecule has 0 aliphatic carbocycles. The Hall–Kier alpha value is -2.83. The fraction of sp³-hybridized carbons (Fsp3) is 0.136. The van der Waals surface area contributed by atoms with Crippen LogP contribution in [0, 0.1) is 0 Å². The second kappa shape index (κ2) is 9.11. The fourth-order valence-corrected chi connectivity index (χ4v) is 3.65. The highest BCUT2D eigenvalue weighted by Gasteiger charge is 2.14. The summed E-state index contributed by atoms with van der Waals surface area (Å²) in [6.45, 7) is 1.08. The Kier molecular flexibility index (Phi) is 6.12. The number of nitrogens with one attached hydrogen (secondary N) is 1. The summed E-state index contributed by atoms with van der Waals surface area (Å²) >= 11 is 7.59. The molecule has 1 aliphatic heterocycles. The third-order valence-corrected chi connectivity index (χ3v) is 5.41. The van der Waals surface area contributed by atoms with E-state index < -0.39 is 0 Å². The number of hydrogen-bond donors (Lipinski definition) is 1. The second-order valence-corrected chi connectivity index (χ2v) is 7.63. The third-order valence-electron chi connectivity index (χ3n) is 4.10. The van der Waals surface area contributed by atoms with Gasteiger partial charge in [-0.2, -0.15) is 0 Å². The fourth-order valence-electron chi connectivity index (χ4n) is 2.75. The van der Waals surface area contributed by atoms with Gasteiger partial charge < -0.3 is 19.5 Å². The molecule has 0 aromatic heterocycles. The molecule has 0 atom stereocenters. The number of amides is 1. The summed E-state index contributed by atoms with van der Waals surface area (Å²) in [6.07, 6.45) is 0. The Morgan fingerprint density at radius 2 is 1.69 bits per heavy atom. The molecule has 1 aliphatic rings. The zero-order chi connectivity index (χ0) is 20.1. The quantitative estimate of drug-likeness (QED) is 0.516. The molecule has 3 aromatic carbocycles. The maximum atomic E-state index is 12.5. The molecular formula is C22H18ClNO4S. The lowest BCUT2D eigenvalue weighted by molar-refractivity contribution is -0.113. The Balaban J connectivity index is 1.39. The van der Waals surface area contributed by atoms with Crippen LogP contribution < -0.4 is 19.5 Å². The van der Waals surface area contributed by atoms with Crippen LogP contribution in [0.5, 0.6) is 23.0 Å². The van der Waals surface area contributed by atoms with Crippen LogP contribution in [0.25, 0.3) is 0 Å². The van der Waals surface area contributed by atoms with E-state index in [1.807, 2.05) is 42.5 Å². The van der Waals surface area contributed by atoms with Gasteiger partial charge in [0.1, 0.15) is 19.0 Å². The number of ether oxygens (including phenoxy) is 3. The minimum absolute atomic E-state index is 0.139. The highest BCUT2D eigenvalue weighted by molar-refractivity contribution is 8.00. The molecule has 148 valence electrons. The van der Waals surface area contributed by atoms with Crippen molar-refractivity contribution in [3.05, 3.63) is 71.8 Å². The van der Waals surface area contributed by atoms with E-state index in [9.17, 15) is 4.79 Å². The van der Waals surface area contributed by atoms with Gasteiger partial charge >= 0.3 is 0 Å². The van der Waals surface area contributed by atoms with Crippen molar-refractivity contribution >= 4 is 35.0 Å². The third kappa shape index (κ3) is 4.96. The van der Waals surface area contributed by atoms with E-state index in [2.05, 4.69) is 5.32 Å². The van der Waals surface area contributed by atoms with Crippen LogP contribution in [-0.4, -0.2) is 24.9 Å². The summed E-state index contributed by atoms with van der Waals surface area (Å²) in [5.41, 5.74) is 0.584. The monoisotopic (exact) mass is 427 g/mol. The number of fused-ring (bicyclic) bond motifs is 1. The maximum absolute atomic E-state index is 12.5. The lowest BCUT2D eigenvalue weighted by atomic mass is 10.3. The average molecular weight is 428 g/mol. The molecule has 0 bridgehead atoms. The number of carbonyl (C=O) groups excluding carboxylic acids is 1. The van der Waals surface area contributed by atoms with Crippen LogP contribution in [0.1, 0.15) is 0 Å². The molecule has 0 radical (unpaired) electrons. The molecule has 1 N–H and O–H groups in total. The van der Waals surface area contributed by atoms with E-state index in [1.165, 1.54) is 11.8 Å². The predicted octanol–water partition coefficient (Wildman–Crippen LogP) is 5.63. The largest absolute Gasteiger partial charge is 0.486 e. The van der Waals surface area contributed by atoms with Gasteiger partial charge in [0.15, 0.2) is 17.2 Å². The van der Waals surface area contributed by atoms with Crippen LogP contribution in [0.2, 0.25) is 5.02 Å². The number of thioether (sulfide) groups is 1. The topological polar surface area (TPSA) is 56.8 Å². The van der Waals surface area contributed by atoms with Gasteiger partial charge in [-0.3, -0.25) is 4.79 Å². The van der Waals surface area contributed by atoms with Gasteiger partial charge in [-0.25, -0.2) is 0 Å². The first-order chi connectivity index (χ1) is 14.2. The molecule has 7 heteroatoms. The number of benzene rings is 3. The molecule has 0 fully saturated rings. The molecule has 5 nitrogen and oxygen atoms in total. The Morgan fingerprint density at radius 1 is 0.966 bits per heavy atom. The zero-order valence-electron chi connectivity index (χ0n) is 15.4. The Labute approximate surface area is 177 Å². The molecule has 0 spiro atoms. The number of anilines is 1. The first-order valence-corrected chi connectivity index (χ1v) is 10.4. The summed E-state index contributed by atoms with van der Waals surface area (Å²) < 4.78 is 17.0. The average Bonchev–Trinajstić information content (AvgIpc) is 2.75. The number of halogens is 1. The lowest BCUT2D eigenvalue weighted by Gasteiger charge is -2.18. The highest BCUT2D eigenvalue weighted by Crippen LogP contribution is 2.35. The van der Waals surface area contributed by atoms with Gasteiger partial charge in [0.25, 0.3) is 0 Å². The van der Waals surface area contributed by atoms with E-state index in [1.54, 1.807) is 24.3 Å². The van der Waals surface area contributed by atoms with E-state index in [0.717, 1.165) is 10.6 Å². The summed E-state index contributed by atoms with van der Waals surface area (Å²) in [7, 11) is 0. The van der Waals surface area contributed by atoms with Gasteiger partial charge in [0.05, 0.1) is 16.5 Å². The van der Waals surface area contributed by atoms with Crippen molar-refractivity contribution in [1.29, 1.82) is 0 Å². The van der Waals surface area contributed by atoms with Crippen LogP contribution >= 0.6 is 23.4 Å². The minimum Gasteiger partial charge on any atom is -0.486 e. The number of para-hydroxylation sites is 3. The summed E-state index contributed by atoms with van der Waals surface area (Å²) in [5.74, 6) is 2.61. The Morgan fingerprint density at radius 3 is 2.52 bits per heavy atom. The van der Waals surface area contributed by atoms with E-state index in [0.29, 0.717) is 41.2 Å². The van der Waals surface area contributed by atoms with Crippen molar-refractivity contribution in [3.63, 3.8) is 0 Å². The zero-order valence-corrected chi connectivity index (χ0v) is 17.0. The molecule has 0 saturated heterocycles. The van der Waals surface area contributed by atoms with Gasteiger partial charge in [0, 0.05) is 4.90 Å². The van der Waals surface area contributed by atoms with Crippen LogP contribution in [-0.2, 0) is 4.79 Å². The maximum Gasteiger partial charge on any atom is 0.234 e. The summed E-state index contributed by atoms with van der Waals surface area (Å²) in [5, 5.41) is 3.40. The molecule has 1 heterocycles. The highest BCUT2D eigenvalue weighted by atomic mass is 35.5. The van der Waals surface area contributed by atoms with Crippen molar-refractivity contribution < 1.29 is 19.0 Å². The minimum atomic E-state index is -0.139. The van der Waals surface area contributed by atoms with Crippen molar-refractivity contribution in [2.75, 3.05) is 24.3 Å². The van der Waals surface area contributed by atoms with Crippen LogP contribution in [0.3, 0.4) is 0 Å². The smallest absolute Gasteiger partial charge is 0.234 e. The van der Waals surface area contributed by atoms with Gasteiger partial charge in [-0.05, 0) is 42.5 Å². The SMILES string of the molecule is O=C(CSc1ccc2c(c1)OCCO2)Nc1ccccc1Oc1ccccc1Cl. The second-order valence-electron chi connectivity index (χ2n) is 6.17. The Bertz CT molecular complexity index is 1030. The standard InChI is InChI=1S/C22H18ClNO4S/c23-16-5-1-3-7-18(16)28-19-8-4-2-6-17(19)24-22(25)14-29-15-9-10-20-21(13-15)27-12-11-26-20/h1-10,13H,11-12,14H2,(H,24,25). The van der Waals surface area contributed by atoms with E-state index >= 15 is 0 Å². The molecule has 4 rings (SSSR count). The first kappa shape index (κ1) is 19.5. The molecule has 3 aromatic rings. The van der Waals surface area contributed by atoms with Gasteiger partial charge in [0.2, 0.25) is 5.91 Å². The molecular weight excluding hydrogens is 410 g/mol. The molecule has 0 saturated carbocycles. The van der Waals surface area contributed by atoms with Crippen molar-refractivity contribution in [2.24, 2.45) is 0 Å². The van der Waals surface area contributed by atoms with Gasteiger partial charge in [-0.15, -0.1) is 11.8 Å². The molecule has 29 heavy (non-hydrogen) atoms. The van der Waals surface area contributed by atoms with Crippen LogP contribution in [0.4, 0.5) is 5.69 Å². The number of rotatable bonds is 6. The predicted molar refractivity (Wildman–Crippen MR) is 115 cm³/mol. The number of carbonyl (C=O) groups is 1. The number of hydrogen-bond acceptors (Lipinski definition) is 5. The molecule has 0 unspecified atom stereocenters. The summed E-state index contributed by atoms with van der Waals surface area (Å²) in [6, 6.07) is 20.1. The summed E-state index contributed by atoms with van der Waals surface area (Å²) in [4.78, 5) is 13.4. The van der Waals surface area contributed by atoms with Crippen molar-refractivity contribution in [3.8, 4) is 23.0 Å². The van der Waals surface area contributed by atoms with Gasteiger partial charge in [-0.1, -0.05) is 35.9 Å².